The second-order valence-electron chi connectivity index (χ2n) is 6.08. The van der Waals surface area contributed by atoms with E-state index in [-0.39, 0.29) is 0 Å². The fourth-order valence-electron chi connectivity index (χ4n) is 3.71. The second kappa shape index (κ2) is 5.20. The fourth-order valence-corrected chi connectivity index (χ4v) is 3.71. The van der Waals surface area contributed by atoms with Gasteiger partial charge in [0.25, 0.3) is 0 Å². The van der Waals surface area contributed by atoms with Crippen molar-refractivity contribution in [3.05, 3.63) is 17.2 Å². The molecule has 2 atom stereocenters. The summed E-state index contributed by atoms with van der Waals surface area (Å²) in [6, 6.07) is 0. The van der Waals surface area contributed by atoms with Crippen LogP contribution in [0.15, 0.2) is 0 Å². The van der Waals surface area contributed by atoms with Crippen molar-refractivity contribution >= 4 is 5.97 Å². The van der Waals surface area contributed by atoms with Gasteiger partial charge in [0.15, 0.2) is 5.69 Å². The molecule has 0 aromatic carbocycles. The third-order valence-electron chi connectivity index (χ3n) is 4.81. The van der Waals surface area contributed by atoms with Crippen molar-refractivity contribution in [3.63, 3.8) is 0 Å². The van der Waals surface area contributed by atoms with E-state index in [4.69, 9.17) is 0 Å². The highest BCUT2D eigenvalue weighted by atomic mass is 16.4. The zero-order chi connectivity index (χ0) is 14.3. The van der Waals surface area contributed by atoms with E-state index in [0.29, 0.717) is 17.5 Å². The summed E-state index contributed by atoms with van der Waals surface area (Å²) in [5, 5.41) is 9.43. The predicted octanol–water partition coefficient (Wildman–Crippen LogP) is 2.29. The lowest BCUT2D eigenvalue weighted by Crippen LogP contribution is -2.22. The van der Waals surface area contributed by atoms with E-state index >= 15 is 0 Å². The molecule has 0 spiro atoms. The molecule has 0 aliphatic carbocycles. The van der Waals surface area contributed by atoms with E-state index in [0.717, 1.165) is 57.0 Å². The van der Waals surface area contributed by atoms with Crippen LogP contribution in [0.4, 0.5) is 0 Å². The molecule has 2 aliphatic heterocycles. The van der Waals surface area contributed by atoms with Crippen LogP contribution in [0.2, 0.25) is 0 Å². The molecule has 0 amide bonds. The van der Waals surface area contributed by atoms with Crippen molar-refractivity contribution < 1.29 is 9.90 Å². The van der Waals surface area contributed by atoms with E-state index in [1.165, 1.54) is 0 Å². The van der Waals surface area contributed by atoms with Crippen LogP contribution in [-0.2, 0) is 6.54 Å². The number of likely N-dealkylation sites (N-methyl/N-ethyl adjacent to an activating group) is 1. The van der Waals surface area contributed by atoms with Gasteiger partial charge in [-0.25, -0.2) is 9.78 Å². The van der Waals surface area contributed by atoms with Crippen LogP contribution in [0, 0.1) is 0 Å². The topological polar surface area (TPSA) is 58.4 Å². The number of imidazole rings is 1. The Balaban J connectivity index is 2.00. The highest BCUT2D eigenvalue weighted by Gasteiger charge is 2.33. The maximum absolute atomic E-state index is 11.5. The lowest BCUT2D eigenvalue weighted by molar-refractivity contribution is 0.0688. The van der Waals surface area contributed by atoms with Gasteiger partial charge in [-0.3, -0.25) is 0 Å². The summed E-state index contributed by atoms with van der Waals surface area (Å²) in [7, 11) is 0. The maximum atomic E-state index is 11.5. The quantitative estimate of drug-likeness (QED) is 0.921. The Bertz CT molecular complexity index is 523. The maximum Gasteiger partial charge on any atom is 0.356 e. The van der Waals surface area contributed by atoms with Gasteiger partial charge < -0.3 is 14.6 Å². The number of hydrogen-bond donors (Lipinski definition) is 1. The highest BCUT2D eigenvalue weighted by Crippen LogP contribution is 2.35. The molecule has 3 rings (SSSR count). The zero-order valence-corrected chi connectivity index (χ0v) is 12.3. The number of carbonyl (C=O) groups is 1. The molecule has 5 nitrogen and oxygen atoms in total. The molecule has 1 N–H and O–H groups in total. The van der Waals surface area contributed by atoms with E-state index in [9.17, 15) is 9.90 Å². The van der Waals surface area contributed by atoms with Crippen LogP contribution < -0.4 is 0 Å². The predicted molar refractivity (Wildman–Crippen MR) is 76.3 cm³/mol. The molecule has 0 saturated carbocycles. The van der Waals surface area contributed by atoms with Gasteiger partial charge in [-0.15, -0.1) is 0 Å². The standard InChI is InChI=1S/C15H23N3O2/c1-3-17-8-6-11(9-17)14-16-12(15(19)20)13-10(2)5-4-7-18(13)14/h10-11H,3-9H2,1-2H3,(H,19,20). The Labute approximate surface area is 119 Å². The van der Waals surface area contributed by atoms with Crippen molar-refractivity contribution in [2.24, 2.45) is 0 Å². The van der Waals surface area contributed by atoms with Gasteiger partial charge in [0.05, 0.1) is 5.69 Å². The van der Waals surface area contributed by atoms with E-state index < -0.39 is 5.97 Å². The molecule has 3 heterocycles. The number of nitrogens with zero attached hydrogens (tertiary/aromatic N) is 3. The molecule has 1 aromatic heterocycles. The first-order chi connectivity index (χ1) is 9.61. The van der Waals surface area contributed by atoms with Gasteiger partial charge in [-0.1, -0.05) is 13.8 Å². The minimum atomic E-state index is -0.876. The Morgan fingerprint density at radius 3 is 2.85 bits per heavy atom. The van der Waals surface area contributed by atoms with Crippen molar-refractivity contribution in [1.82, 2.24) is 14.5 Å². The third-order valence-corrected chi connectivity index (χ3v) is 4.81. The van der Waals surface area contributed by atoms with Crippen LogP contribution in [0.3, 0.4) is 0 Å². The molecule has 110 valence electrons. The molecule has 0 radical (unpaired) electrons. The average Bonchev–Trinajstić information content (AvgIpc) is 3.02. The third kappa shape index (κ3) is 2.14. The monoisotopic (exact) mass is 277 g/mol. The molecule has 1 aromatic rings. The van der Waals surface area contributed by atoms with Crippen molar-refractivity contribution in [2.45, 2.75) is 51.5 Å². The lowest BCUT2D eigenvalue weighted by Gasteiger charge is -2.24. The molecule has 2 unspecified atom stereocenters. The largest absolute Gasteiger partial charge is 0.476 e. The van der Waals surface area contributed by atoms with Crippen LogP contribution in [-0.4, -0.2) is 45.2 Å². The van der Waals surface area contributed by atoms with Crippen LogP contribution in [0.25, 0.3) is 0 Å². The average molecular weight is 277 g/mol. The number of carboxylic acid groups (broad SMARTS) is 1. The molecular formula is C15H23N3O2. The van der Waals surface area contributed by atoms with Crippen molar-refractivity contribution in [2.75, 3.05) is 19.6 Å². The molecular weight excluding hydrogens is 254 g/mol. The Kier molecular flexibility index (Phi) is 3.54. The number of fused-ring (bicyclic) bond motifs is 1. The van der Waals surface area contributed by atoms with Crippen LogP contribution in [0.5, 0.6) is 0 Å². The van der Waals surface area contributed by atoms with E-state index in [2.05, 4.69) is 28.3 Å². The second-order valence-corrected chi connectivity index (χ2v) is 6.08. The summed E-state index contributed by atoms with van der Waals surface area (Å²) in [6.45, 7) is 8.40. The van der Waals surface area contributed by atoms with Crippen molar-refractivity contribution in [1.29, 1.82) is 0 Å². The zero-order valence-electron chi connectivity index (χ0n) is 12.3. The molecule has 20 heavy (non-hydrogen) atoms. The molecule has 0 bridgehead atoms. The van der Waals surface area contributed by atoms with Gasteiger partial charge in [0.2, 0.25) is 0 Å². The van der Waals surface area contributed by atoms with E-state index in [1.807, 2.05) is 0 Å². The summed E-state index contributed by atoms with van der Waals surface area (Å²) in [6.07, 6.45) is 3.29. The molecule has 1 saturated heterocycles. The smallest absolute Gasteiger partial charge is 0.356 e. The molecule has 5 heteroatoms. The summed E-state index contributed by atoms with van der Waals surface area (Å²) in [5.41, 5.74) is 1.25. The molecule has 2 aliphatic rings. The van der Waals surface area contributed by atoms with Crippen molar-refractivity contribution in [3.8, 4) is 0 Å². The van der Waals surface area contributed by atoms with Crippen LogP contribution >= 0.6 is 0 Å². The van der Waals surface area contributed by atoms with Gasteiger partial charge in [0.1, 0.15) is 5.82 Å². The highest BCUT2D eigenvalue weighted by molar-refractivity contribution is 5.87. The number of aromatic nitrogens is 2. The first-order valence-electron chi connectivity index (χ1n) is 7.67. The number of likely N-dealkylation sites (tertiary alicyclic amines) is 1. The number of rotatable bonds is 3. The first kappa shape index (κ1) is 13.6. The fraction of sp³-hybridized carbons (Fsp3) is 0.733. The number of hydrogen-bond acceptors (Lipinski definition) is 3. The Morgan fingerprint density at radius 1 is 1.40 bits per heavy atom. The normalized spacial score (nSPS) is 26.7. The lowest BCUT2D eigenvalue weighted by atomic mass is 9.96. The first-order valence-corrected chi connectivity index (χ1v) is 7.67. The number of carboxylic acids is 1. The van der Waals surface area contributed by atoms with Crippen LogP contribution in [0.1, 0.15) is 67.0 Å². The Hall–Kier alpha value is -1.36. The van der Waals surface area contributed by atoms with Gasteiger partial charge in [0, 0.05) is 19.0 Å². The van der Waals surface area contributed by atoms with Gasteiger partial charge in [-0.05, 0) is 38.3 Å². The minimum absolute atomic E-state index is 0.294. The summed E-state index contributed by atoms with van der Waals surface area (Å²) >= 11 is 0. The minimum Gasteiger partial charge on any atom is -0.476 e. The summed E-state index contributed by atoms with van der Waals surface area (Å²) in [5.74, 6) is 0.839. The summed E-state index contributed by atoms with van der Waals surface area (Å²) in [4.78, 5) is 18.4. The molecule has 1 fully saturated rings. The summed E-state index contributed by atoms with van der Waals surface area (Å²) < 4.78 is 2.21. The van der Waals surface area contributed by atoms with Gasteiger partial charge >= 0.3 is 5.97 Å². The Morgan fingerprint density at radius 2 is 2.20 bits per heavy atom. The van der Waals surface area contributed by atoms with E-state index in [1.54, 1.807) is 0 Å². The van der Waals surface area contributed by atoms with Gasteiger partial charge in [-0.2, -0.15) is 0 Å². The SMILES string of the molecule is CCN1CCC(c2nc(C(=O)O)c3n2CCCC3C)C1. The number of aromatic carboxylic acids is 1.